The zero-order chi connectivity index (χ0) is 18.5. The van der Waals surface area contributed by atoms with Crippen molar-refractivity contribution in [3.05, 3.63) is 83.8 Å². The first-order valence-corrected chi connectivity index (χ1v) is 9.31. The van der Waals surface area contributed by atoms with Gasteiger partial charge in [-0.25, -0.2) is 9.97 Å². The number of hydrogen-bond acceptors (Lipinski definition) is 4. The minimum absolute atomic E-state index is 0.154. The van der Waals surface area contributed by atoms with Crippen molar-refractivity contribution in [1.82, 2.24) is 15.3 Å². The smallest absolute Gasteiger partial charge is 0.270 e. The number of carbonyl (C=O) groups is 1. The molecule has 4 rings (SSSR count). The van der Waals surface area contributed by atoms with E-state index in [1.54, 1.807) is 6.07 Å². The molecule has 0 radical (unpaired) electrons. The van der Waals surface area contributed by atoms with Crippen LogP contribution in [0.2, 0.25) is 0 Å². The quantitative estimate of drug-likeness (QED) is 0.685. The molecule has 5 heteroatoms. The van der Waals surface area contributed by atoms with Gasteiger partial charge >= 0.3 is 0 Å². The normalized spacial score (nSPS) is 12.7. The molecule has 1 aliphatic rings. The maximum absolute atomic E-state index is 12.4. The summed E-state index contributed by atoms with van der Waals surface area (Å²) in [5, 5.41) is 2.96. The van der Waals surface area contributed by atoms with E-state index in [2.05, 4.69) is 50.5 Å². The largest absolute Gasteiger partial charge is 0.351 e. The highest BCUT2D eigenvalue weighted by Gasteiger charge is 2.21. The minimum Gasteiger partial charge on any atom is -0.351 e. The van der Waals surface area contributed by atoms with Crippen molar-refractivity contribution in [3.8, 4) is 0 Å². The number of para-hydroxylation sites is 1. The number of carbonyl (C=O) groups excluding carboxylic acids is 1. The Hall–Kier alpha value is -3.21. The third-order valence-electron chi connectivity index (χ3n) is 4.82. The first-order valence-electron chi connectivity index (χ1n) is 9.31. The lowest BCUT2D eigenvalue weighted by Crippen LogP contribution is -2.26. The first-order chi connectivity index (χ1) is 13.3. The Labute approximate surface area is 159 Å². The van der Waals surface area contributed by atoms with Crippen molar-refractivity contribution in [3.63, 3.8) is 0 Å². The molecule has 1 N–H and O–H groups in total. The van der Waals surface area contributed by atoms with Crippen molar-refractivity contribution in [2.75, 3.05) is 18.0 Å². The summed E-state index contributed by atoms with van der Waals surface area (Å²) < 4.78 is 0. The second kappa shape index (κ2) is 7.99. The molecule has 0 saturated carbocycles. The van der Waals surface area contributed by atoms with Crippen molar-refractivity contribution >= 4 is 17.4 Å². The van der Waals surface area contributed by atoms with E-state index in [-0.39, 0.29) is 5.91 Å². The molecule has 0 spiro atoms. The average molecular weight is 358 g/mol. The summed E-state index contributed by atoms with van der Waals surface area (Å²) in [5.74, 6) is 0.614. The Kier molecular flexibility index (Phi) is 5.10. The highest BCUT2D eigenvalue weighted by Crippen LogP contribution is 2.32. The van der Waals surface area contributed by atoms with Crippen LogP contribution in [-0.4, -0.2) is 29.0 Å². The monoisotopic (exact) mass is 358 g/mol. The maximum Gasteiger partial charge on any atom is 0.270 e. The lowest BCUT2D eigenvalue weighted by molar-refractivity contribution is 0.0948. The van der Waals surface area contributed by atoms with Gasteiger partial charge in [0.15, 0.2) is 0 Å². The van der Waals surface area contributed by atoms with Crippen LogP contribution in [0.4, 0.5) is 11.5 Å². The molecular weight excluding hydrogens is 336 g/mol. The van der Waals surface area contributed by atoms with Gasteiger partial charge in [-0.2, -0.15) is 0 Å². The SMILES string of the molecule is O=C(NCCCc1ccccc1)c1cc(N2CCc3ccccc32)ncn1. The van der Waals surface area contributed by atoms with Crippen LogP contribution >= 0.6 is 0 Å². The van der Waals surface area contributed by atoms with Crippen LogP contribution in [0.25, 0.3) is 0 Å². The lowest BCUT2D eigenvalue weighted by Gasteiger charge is -2.18. The number of aromatic nitrogens is 2. The van der Waals surface area contributed by atoms with Gasteiger partial charge in [0.05, 0.1) is 0 Å². The third kappa shape index (κ3) is 3.97. The second-order valence-corrected chi connectivity index (χ2v) is 6.64. The summed E-state index contributed by atoms with van der Waals surface area (Å²) in [6.45, 7) is 1.49. The topological polar surface area (TPSA) is 58.1 Å². The predicted octanol–water partition coefficient (Wildman–Crippen LogP) is 3.53. The molecule has 3 aromatic rings. The molecule has 1 aliphatic heterocycles. The van der Waals surface area contributed by atoms with Crippen LogP contribution in [0.3, 0.4) is 0 Å². The molecule has 27 heavy (non-hydrogen) atoms. The molecule has 0 atom stereocenters. The molecular formula is C22H22N4O. The van der Waals surface area contributed by atoms with E-state index >= 15 is 0 Å². The lowest BCUT2D eigenvalue weighted by atomic mass is 10.1. The van der Waals surface area contributed by atoms with Crippen molar-refractivity contribution in [2.24, 2.45) is 0 Å². The molecule has 0 unspecified atom stereocenters. The van der Waals surface area contributed by atoms with E-state index in [1.165, 1.54) is 17.5 Å². The fourth-order valence-electron chi connectivity index (χ4n) is 3.42. The van der Waals surface area contributed by atoms with Gasteiger partial charge in [-0.15, -0.1) is 0 Å². The van der Waals surface area contributed by atoms with Gasteiger partial charge in [0.1, 0.15) is 17.8 Å². The van der Waals surface area contributed by atoms with E-state index in [4.69, 9.17) is 0 Å². The van der Waals surface area contributed by atoms with E-state index < -0.39 is 0 Å². The average Bonchev–Trinajstić information content (AvgIpc) is 3.16. The molecule has 0 fully saturated rings. The number of fused-ring (bicyclic) bond motifs is 1. The molecule has 136 valence electrons. The summed E-state index contributed by atoms with van der Waals surface area (Å²) in [7, 11) is 0. The van der Waals surface area contributed by atoms with Gasteiger partial charge < -0.3 is 10.2 Å². The van der Waals surface area contributed by atoms with Gasteiger partial charge in [0, 0.05) is 24.8 Å². The number of aryl methyl sites for hydroxylation is 1. The number of nitrogens with one attached hydrogen (secondary N) is 1. The summed E-state index contributed by atoms with van der Waals surface area (Å²) in [6, 6.07) is 20.4. The summed E-state index contributed by atoms with van der Waals surface area (Å²) in [6.07, 6.45) is 4.30. The molecule has 1 amide bonds. The predicted molar refractivity (Wildman–Crippen MR) is 106 cm³/mol. The zero-order valence-corrected chi connectivity index (χ0v) is 15.1. The first kappa shape index (κ1) is 17.2. The van der Waals surface area contributed by atoms with Crippen LogP contribution in [0.1, 0.15) is 28.0 Å². The molecule has 1 aromatic heterocycles. The van der Waals surface area contributed by atoms with Crippen molar-refractivity contribution in [1.29, 1.82) is 0 Å². The third-order valence-corrected chi connectivity index (χ3v) is 4.82. The van der Waals surface area contributed by atoms with E-state index in [0.717, 1.165) is 37.3 Å². The molecule has 2 aromatic carbocycles. The number of hydrogen-bond donors (Lipinski definition) is 1. The molecule has 0 saturated heterocycles. The number of nitrogens with zero attached hydrogens (tertiary/aromatic N) is 3. The summed E-state index contributed by atoms with van der Waals surface area (Å²) in [5.41, 5.74) is 4.15. The summed E-state index contributed by atoms with van der Waals surface area (Å²) in [4.78, 5) is 23.1. The number of rotatable bonds is 6. The highest BCUT2D eigenvalue weighted by atomic mass is 16.1. The van der Waals surface area contributed by atoms with Crippen LogP contribution < -0.4 is 10.2 Å². The molecule has 5 nitrogen and oxygen atoms in total. The Balaban J connectivity index is 1.37. The second-order valence-electron chi connectivity index (χ2n) is 6.64. The standard InChI is InChI=1S/C22H22N4O/c27-22(23-13-6-9-17-7-2-1-3-8-17)19-15-21(25-16-24-19)26-14-12-18-10-4-5-11-20(18)26/h1-5,7-8,10-11,15-16H,6,9,12-14H2,(H,23,27). The van der Waals surface area contributed by atoms with Gasteiger partial charge in [0.25, 0.3) is 5.91 Å². The zero-order valence-electron chi connectivity index (χ0n) is 15.1. The van der Waals surface area contributed by atoms with Crippen molar-refractivity contribution in [2.45, 2.75) is 19.3 Å². The number of anilines is 2. The molecule has 0 bridgehead atoms. The van der Waals surface area contributed by atoms with Crippen LogP contribution in [-0.2, 0) is 12.8 Å². The Morgan fingerprint density at radius 1 is 1.04 bits per heavy atom. The highest BCUT2D eigenvalue weighted by molar-refractivity contribution is 5.93. The fourth-order valence-corrected chi connectivity index (χ4v) is 3.42. The Morgan fingerprint density at radius 3 is 2.74 bits per heavy atom. The van der Waals surface area contributed by atoms with Crippen LogP contribution in [0.5, 0.6) is 0 Å². The van der Waals surface area contributed by atoms with E-state index in [0.29, 0.717) is 12.2 Å². The van der Waals surface area contributed by atoms with Gasteiger partial charge in [-0.05, 0) is 36.5 Å². The maximum atomic E-state index is 12.4. The Bertz CT molecular complexity index is 926. The van der Waals surface area contributed by atoms with Gasteiger partial charge in [0.2, 0.25) is 0 Å². The van der Waals surface area contributed by atoms with Gasteiger partial charge in [-0.3, -0.25) is 4.79 Å². The Morgan fingerprint density at radius 2 is 1.85 bits per heavy atom. The van der Waals surface area contributed by atoms with Crippen molar-refractivity contribution < 1.29 is 4.79 Å². The number of amides is 1. The van der Waals surface area contributed by atoms with E-state index in [1.807, 2.05) is 24.3 Å². The van der Waals surface area contributed by atoms with E-state index in [9.17, 15) is 4.79 Å². The number of benzene rings is 2. The van der Waals surface area contributed by atoms with Crippen LogP contribution in [0, 0.1) is 0 Å². The molecule has 2 heterocycles. The fraction of sp³-hybridized carbons (Fsp3) is 0.227. The van der Waals surface area contributed by atoms with Crippen LogP contribution in [0.15, 0.2) is 67.0 Å². The minimum atomic E-state index is -0.154. The van der Waals surface area contributed by atoms with Gasteiger partial charge in [-0.1, -0.05) is 48.5 Å². The summed E-state index contributed by atoms with van der Waals surface area (Å²) >= 11 is 0. The molecule has 0 aliphatic carbocycles.